The van der Waals surface area contributed by atoms with Crippen molar-refractivity contribution in [3.05, 3.63) is 23.4 Å². The number of carboxylic acid groups (broad SMARTS) is 3. The van der Waals surface area contributed by atoms with Crippen LogP contribution in [0.2, 0.25) is 0 Å². The van der Waals surface area contributed by atoms with Crippen LogP contribution in [0.1, 0.15) is 18.2 Å². The Morgan fingerprint density at radius 2 is 1.76 bits per heavy atom. The van der Waals surface area contributed by atoms with E-state index in [9.17, 15) is 19.5 Å². The van der Waals surface area contributed by atoms with Gasteiger partial charge in [-0.2, -0.15) is 11.8 Å². The number of nitrogens with zero attached hydrogens (tertiary/aromatic N) is 2. The van der Waals surface area contributed by atoms with Gasteiger partial charge < -0.3 is 21.1 Å². The molecule has 0 aliphatic rings. The Kier molecular flexibility index (Phi) is 7.65. The summed E-state index contributed by atoms with van der Waals surface area (Å²) >= 11 is 1.24. The Balaban J connectivity index is 2.89. The van der Waals surface area contributed by atoms with Gasteiger partial charge in [-0.05, 0) is 24.6 Å². The Morgan fingerprint density at radius 1 is 1.20 bits per heavy atom. The first-order valence-electron chi connectivity index (χ1n) is 7.35. The highest BCUT2D eigenvalue weighted by Crippen LogP contribution is 2.23. The van der Waals surface area contributed by atoms with Gasteiger partial charge in [0.15, 0.2) is 0 Å². The van der Waals surface area contributed by atoms with Crippen LogP contribution < -0.4 is 5.73 Å². The van der Waals surface area contributed by atoms with E-state index in [1.807, 2.05) is 13.0 Å². The largest absolute Gasteiger partial charge is 0.480 e. The van der Waals surface area contributed by atoms with E-state index in [1.54, 1.807) is 13.0 Å². The Hall–Kier alpha value is -2.33. The van der Waals surface area contributed by atoms with Crippen LogP contribution in [0.15, 0.2) is 12.1 Å². The van der Waals surface area contributed by atoms with Gasteiger partial charge in [0.25, 0.3) is 0 Å². The maximum atomic E-state index is 11.6. The first-order chi connectivity index (χ1) is 11.6. The summed E-state index contributed by atoms with van der Waals surface area (Å²) in [5, 5.41) is 26.7. The van der Waals surface area contributed by atoms with E-state index in [4.69, 9.17) is 15.9 Å². The fourth-order valence-corrected chi connectivity index (χ4v) is 3.46. The number of thioether (sulfide) groups is 1. The Morgan fingerprint density at radius 3 is 2.20 bits per heavy atom. The summed E-state index contributed by atoms with van der Waals surface area (Å²) in [5.74, 6) is -3.14. The molecule has 10 heteroatoms. The van der Waals surface area contributed by atoms with Gasteiger partial charge in [0.1, 0.15) is 11.9 Å². The molecular formula is C15H21N3O6S. The van der Waals surface area contributed by atoms with E-state index in [-0.39, 0.29) is 0 Å². The van der Waals surface area contributed by atoms with E-state index in [2.05, 4.69) is 4.98 Å². The van der Waals surface area contributed by atoms with Crippen molar-refractivity contribution in [1.29, 1.82) is 0 Å². The zero-order chi connectivity index (χ0) is 19.1. The molecule has 2 atom stereocenters. The molecule has 0 saturated carbocycles. The molecule has 1 rings (SSSR count). The third kappa shape index (κ3) is 6.98. The predicted octanol–water partition coefficient (Wildman–Crippen LogP) is 0.518. The summed E-state index contributed by atoms with van der Waals surface area (Å²) in [6, 6.07) is 2.26. The number of anilines is 1. The zero-order valence-electron chi connectivity index (χ0n) is 13.9. The van der Waals surface area contributed by atoms with Crippen LogP contribution in [0, 0.1) is 6.92 Å². The highest BCUT2D eigenvalue weighted by molar-refractivity contribution is 7.99. The molecule has 138 valence electrons. The monoisotopic (exact) mass is 371 g/mol. The quantitative estimate of drug-likeness (QED) is 0.457. The molecular weight excluding hydrogens is 350 g/mol. The van der Waals surface area contributed by atoms with Crippen molar-refractivity contribution in [2.24, 2.45) is 0 Å². The second-order valence-corrected chi connectivity index (χ2v) is 6.92. The van der Waals surface area contributed by atoms with Gasteiger partial charge >= 0.3 is 17.9 Å². The van der Waals surface area contributed by atoms with Gasteiger partial charge in [-0.3, -0.25) is 19.3 Å². The highest BCUT2D eigenvalue weighted by atomic mass is 32.2. The van der Waals surface area contributed by atoms with E-state index < -0.39 is 42.3 Å². The first kappa shape index (κ1) is 20.7. The highest BCUT2D eigenvalue weighted by Gasteiger charge is 2.34. The summed E-state index contributed by atoms with van der Waals surface area (Å²) in [6.07, 6.45) is 0. The summed E-state index contributed by atoms with van der Waals surface area (Å²) in [6.45, 7) is 2.12. The Bertz CT molecular complexity index is 618. The standard InChI is InChI=1S/C15H21N3O6S/c1-8-3-10(17-11(16)4-8)7-25-9(2)14(15(23)24)18(5-12(19)20)6-13(21)22/h3-4,9,14H,5-7H2,1-2H3,(H2,16,17)(H,19,20)(H,21,22)(H,23,24)/t9-,14+/m1/s1. The summed E-state index contributed by atoms with van der Waals surface area (Å²) in [7, 11) is 0. The summed E-state index contributed by atoms with van der Waals surface area (Å²) in [4.78, 5) is 38.5. The van der Waals surface area contributed by atoms with E-state index >= 15 is 0 Å². The third-order valence-electron chi connectivity index (χ3n) is 3.30. The molecule has 0 fully saturated rings. The second kappa shape index (κ2) is 9.23. The molecule has 1 aromatic heterocycles. The van der Waals surface area contributed by atoms with Crippen molar-refractivity contribution < 1.29 is 29.7 Å². The lowest BCUT2D eigenvalue weighted by Crippen LogP contribution is -2.50. The number of carboxylic acids is 3. The number of nitrogen functional groups attached to an aromatic ring is 1. The number of aryl methyl sites for hydroxylation is 1. The van der Waals surface area contributed by atoms with Gasteiger partial charge in [0.05, 0.1) is 18.8 Å². The van der Waals surface area contributed by atoms with Crippen molar-refractivity contribution >= 4 is 35.5 Å². The van der Waals surface area contributed by atoms with Crippen LogP contribution >= 0.6 is 11.8 Å². The molecule has 25 heavy (non-hydrogen) atoms. The number of hydrogen-bond donors (Lipinski definition) is 4. The van der Waals surface area contributed by atoms with Gasteiger partial charge in [-0.25, -0.2) is 4.98 Å². The Labute approximate surface area is 148 Å². The maximum absolute atomic E-state index is 11.6. The van der Waals surface area contributed by atoms with E-state index in [0.717, 1.165) is 10.5 Å². The smallest absolute Gasteiger partial charge is 0.322 e. The molecule has 0 saturated heterocycles. The molecule has 0 aromatic carbocycles. The van der Waals surface area contributed by atoms with Crippen molar-refractivity contribution in [2.75, 3.05) is 18.8 Å². The van der Waals surface area contributed by atoms with Crippen LogP contribution in [0.25, 0.3) is 0 Å². The average Bonchev–Trinajstić information content (AvgIpc) is 2.42. The van der Waals surface area contributed by atoms with Gasteiger partial charge in [-0.1, -0.05) is 6.92 Å². The lowest BCUT2D eigenvalue weighted by atomic mass is 10.2. The second-order valence-electron chi connectivity index (χ2n) is 5.55. The minimum atomic E-state index is -1.29. The normalized spacial score (nSPS) is 13.4. The summed E-state index contributed by atoms with van der Waals surface area (Å²) < 4.78 is 0. The number of aliphatic carboxylic acids is 3. The maximum Gasteiger partial charge on any atom is 0.322 e. The van der Waals surface area contributed by atoms with Crippen molar-refractivity contribution in [3.8, 4) is 0 Å². The number of hydrogen-bond acceptors (Lipinski definition) is 7. The minimum absolute atomic E-state index is 0.358. The molecule has 1 heterocycles. The van der Waals surface area contributed by atoms with E-state index in [1.165, 1.54) is 11.8 Å². The third-order valence-corrected chi connectivity index (χ3v) is 4.55. The molecule has 0 spiro atoms. The van der Waals surface area contributed by atoms with Crippen LogP contribution in [0.4, 0.5) is 5.82 Å². The van der Waals surface area contributed by atoms with E-state index in [0.29, 0.717) is 17.3 Å². The average molecular weight is 371 g/mol. The molecule has 9 nitrogen and oxygen atoms in total. The molecule has 0 radical (unpaired) electrons. The predicted molar refractivity (Wildman–Crippen MR) is 92.4 cm³/mol. The lowest BCUT2D eigenvalue weighted by Gasteiger charge is -2.30. The van der Waals surface area contributed by atoms with Gasteiger partial charge in [0.2, 0.25) is 0 Å². The van der Waals surface area contributed by atoms with Gasteiger partial charge in [-0.15, -0.1) is 0 Å². The van der Waals surface area contributed by atoms with Crippen LogP contribution in [-0.4, -0.2) is 67.5 Å². The fraction of sp³-hybridized carbons (Fsp3) is 0.467. The molecule has 1 aromatic rings. The number of pyridine rings is 1. The molecule has 0 unspecified atom stereocenters. The first-order valence-corrected chi connectivity index (χ1v) is 8.40. The summed E-state index contributed by atoms with van der Waals surface area (Å²) in [5.41, 5.74) is 7.27. The number of aromatic nitrogens is 1. The van der Waals surface area contributed by atoms with Crippen LogP contribution in [0.3, 0.4) is 0 Å². The van der Waals surface area contributed by atoms with Crippen molar-refractivity contribution in [1.82, 2.24) is 9.88 Å². The van der Waals surface area contributed by atoms with Crippen LogP contribution in [0.5, 0.6) is 0 Å². The lowest BCUT2D eigenvalue weighted by molar-refractivity contribution is -0.149. The minimum Gasteiger partial charge on any atom is -0.480 e. The van der Waals surface area contributed by atoms with Crippen molar-refractivity contribution in [3.63, 3.8) is 0 Å². The van der Waals surface area contributed by atoms with Crippen LogP contribution in [-0.2, 0) is 20.1 Å². The molecule has 5 N–H and O–H groups in total. The SMILES string of the molecule is Cc1cc(N)nc(CS[C@H](C)[C@@H](C(=O)O)N(CC(=O)O)CC(=O)O)c1. The number of carbonyl (C=O) groups is 3. The zero-order valence-corrected chi connectivity index (χ0v) is 14.7. The molecule has 0 aliphatic heterocycles. The van der Waals surface area contributed by atoms with Crippen molar-refractivity contribution in [2.45, 2.75) is 30.9 Å². The molecule has 0 aliphatic carbocycles. The number of rotatable bonds is 10. The molecule has 0 amide bonds. The molecule has 0 bridgehead atoms. The van der Waals surface area contributed by atoms with Gasteiger partial charge in [0, 0.05) is 11.0 Å². The fourth-order valence-electron chi connectivity index (χ4n) is 2.40. The topological polar surface area (TPSA) is 154 Å². The number of nitrogens with two attached hydrogens (primary N) is 1.